The van der Waals surface area contributed by atoms with Crippen LogP contribution in [0.1, 0.15) is 107 Å². The molecule has 3 aromatic carbocycles. The van der Waals surface area contributed by atoms with E-state index in [-0.39, 0.29) is 0 Å². The lowest BCUT2D eigenvalue weighted by Crippen LogP contribution is -2.39. The Morgan fingerprint density at radius 3 is 1.79 bits per heavy atom. The first kappa shape index (κ1) is 28.9. The first-order valence-electron chi connectivity index (χ1n) is 15.5. The van der Waals surface area contributed by atoms with Crippen LogP contribution in [0, 0.1) is 0 Å². The van der Waals surface area contributed by atoms with E-state index < -0.39 is 0 Å². The van der Waals surface area contributed by atoms with Crippen LogP contribution in [0.25, 0.3) is 5.69 Å². The van der Waals surface area contributed by atoms with Crippen molar-refractivity contribution in [2.24, 2.45) is 0 Å². The summed E-state index contributed by atoms with van der Waals surface area (Å²) in [4.78, 5) is 0. The van der Waals surface area contributed by atoms with E-state index in [2.05, 4.69) is 120 Å². The van der Waals surface area contributed by atoms with E-state index in [9.17, 15) is 0 Å². The molecule has 2 heteroatoms. The monoisotopic (exact) mass is 521 g/mol. The lowest BCUT2D eigenvalue weighted by molar-refractivity contribution is -0.612. The lowest BCUT2D eigenvalue weighted by atomic mass is 9.96. The second kappa shape index (κ2) is 16.1. The minimum absolute atomic E-state index is 0.457. The van der Waals surface area contributed by atoms with Crippen LogP contribution >= 0.6 is 0 Å². The molecule has 1 unspecified atom stereocenters. The van der Waals surface area contributed by atoms with Crippen molar-refractivity contribution in [3.05, 3.63) is 120 Å². The Morgan fingerprint density at radius 1 is 0.641 bits per heavy atom. The Bertz CT molecular complexity index is 1190. The van der Waals surface area contributed by atoms with Gasteiger partial charge in [0.25, 0.3) is 5.82 Å². The molecular formula is C37H49N2+. The van der Waals surface area contributed by atoms with Gasteiger partial charge < -0.3 is 0 Å². The highest BCUT2D eigenvalue weighted by Crippen LogP contribution is 2.22. The number of aryl methyl sites for hydroxylation is 1. The Labute approximate surface area is 237 Å². The summed E-state index contributed by atoms with van der Waals surface area (Å²) in [6.07, 6.45) is 18.1. The summed E-state index contributed by atoms with van der Waals surface area (Å²) < 4.78 is 5.11. The highest BCUT2D eigenvalue weighted by atomic mass is 15.2. The average Bonchev–Trinajstić information content (AvgIpc) is 3.31. The standard InChI is InChI=1S/C37H49N2/c1-3-4-5-6-7-8-9-10-11-21-28-38-31-36(29-32(2)34-24-17-13-18-25-34)39(35-26-19-14-20-27-35)37(38)30-33-22-15-12-16-23-33/h12-20,22-27,31-32H,3-11,21,28-30H2,1-2H3/q+1. The van der Waals surface area contributed by atoms with E-state index in [1.807, 2.05) is 0 Å². The Balaban J connectivity index is 1.52. The van der Waals surface area contributed by atoms with Crippen molar-refractivity contribution in [2.45, 2.75) is 103 Å². The number of unbranched alkanes of at least 4 members (excludes halogenated alkanes) is 9. The third kappa shape index (κ3) is 8.95. The molecule has 2 nitrogen and oxygen atoms in total. The fourth-order valence-corrected chi connectivity index (χ4v) is 5.78. The second-order valence-electron chi connectivity index (χ2n) is 11.3. The van der Waals surface area contributed by atoms with Gasteiger partial charge in [-0.25, -0.2) is 4.57 Å². The van der Waals surface area contributed by atoms with E-state index in [1.165, 1.54) is 92.5 Å². The van der Waals surface area contributed by atoms with Crippen LogP contribution in [0.15, 0.2) is 97.2 Å². The van der Waals surface area contributed by atoms with E-state index in [4.69, 9.17) is 0 Å². The van der Waals surface area contributed by atoms with Gasteiger partial charge in [0.05, 0.1) is 13.0 Å². The number of para-hydroxylation sites is 1. The predicted molar refractivity (Wildman–Crippen MR) is 166 cm³/mol. The van der Waals surface area contributed by atoms with Crippen LogP contribution in [-0.2, 0) is 19.4 Å². The van der Waals surface area contributed by atoms with Crippen molar-refractivity contribution >= 4 is 0 Å². The van der Waals surface area contributed by atoms with Crippen LogP contribution < -0.4 is 4.57 Å². The van der Waals surface area contributed by atoms with E-state index in [0.717, 1.165) is 19.4 Å². The maximum atomic E-state index is 2.57. The molecule has 0 saturated carbocycles. The van der Waals surface area contributed by atoms with Crippen molar-refractivity contribution in [1.29, 1.82) is 0 Å². The van der Waals surface area contributed by atoms with Gasteiger partial charge in [-0.2, -0.15) is 4.57 Å². The number of nitrogens with zero attached hydrogens (tertiary/aromatic N) is 2. The molecule has 0 aliphatic heterocycles. The van der Waals surface area contributed by atoms with Gasteiger partial charge >= 0.3 is 0 Å². The topological polar surface area (TPSA) is 8.81 Å². The first-order chi connectivity index (χ1) is 19.3. The van der Waals surface area contributed by atoms with Crippen LogP contribution in [0.2, 0.25) is 0 Å². The van der Waals surface area contributed by atoms with Gasteiger partial charge in [-0.15, -0.1) is 0 Å². The van der Waals surface area contributed by atoms with Crippen molar-refractivity contribution in [1.82, 2.24) is 4.57 Å². The zero-order valence-electron chi connectivity index (χ0n) is 24.4. The minimum Gasteiger partial charge on any atom is -0.233 e. The molecule has 1 heterocycles. The van der Waals surface area contributed by atoms with Crippen LogP contribution in [0.3, 0.4) is 0 Å². The van der Waals surface area contributed by atoms with E-state index in [0.29, 0.717) is 5.92 Å². The van der Waals surface area contributed by atoms with Crippen LogP contribution in [0.5, 0.6) is 0 Å². The molecule has 0 N–H and O–H groups in total. The largest absolute Gasteiger partial charge is 0.266 e. The number of hydrogen-bond acceptors (Lipinski definition) is 0. The van der Waals surface area contributed by atoms with Gasteiger partial charge in [-0.3, -0.25) is 0 Å². The molecule has 0 fully saturated rings. The van der Waals surface area contributed by atoms with Gasteiger partial charge in [-0.1, -0.05) is 144 Å². The van der Waals surface area contributed by atoms with Crippen molar-refractivity contribution in [3.8, 4) is 5.69 Å². The van der Waals surface area contributed by atoms with Gasteiger partial charge in [0.1, 0.15) is 17.6 Å². The number of imidazole rings is 1. The fraction of sp³-hybridized carbons (Fsp3) is 0.432. The molecule has 206 valence electrons. The van der Waals surface area contributed by atoms with Gasteiger partial charge in [0.15, 0.2) is 0 Å². The molecular weight excluding hydrogens is 472 g/mol. The summed E-state index contributed by atoms with van der Waals surface area (Å²) in [7, 11) is 0. The number of benzene rings is 3. The third-order valence-corrected chi connectivity index (χ3v) is 8.04. The zero-order chi connectivity index (χ0) is 27.1. The summed E-state index contributed by atoms with van der Waals surface area (Å²) in [6, 6.07) is 32.9. The average molecular weight is 522 g/mol. The van der Waals surface area contributed by atoms with Gasteiger partial charge in [0, 0.05) is 6.42 Å². The Morgan fingerprint density at radius 2 is 1.18 bits per heavy atom. The Kier molecular flexibility index (Phi) is 11.9. The summed E-state index contributed by atoms with van der Waals surface area (Å²) in [5.74, 6) is 1.84. The zero-order valence-corrected chi connectivity index (χ0v) is 24.4. The molecule has 4 aromatic rings. The van der Waals surface area contributed by atoms with Crippen molar-refractivity contribution < 1.29 is 4.57 Å². The van der Waals surface area contributed by atoms with E-state index in [1.54, 1.807) is 0 Å². The van der Waals surface area contributed by atoms with Crippen LogP contribution in [0.4, 0.5) is 0 Å². The van der Waals surface area contributed by atoms with Gasteiger partial charge in [-0.05, 0) is 42.0 Å². The SMILES string of the molecule is CCCCCCCCCCCCn1cc(CC(C)c2ccccc2)[n+](-c2ccccc2)c1Cc1ccccc1. The normalized spacial score (nSPS) is 12.1. The highest BCUT2D eigenvalue weighted by Gasteiger charge is 2.26. The predicted octanol–water partition coefficient (Wildman–Crippen LogP) is 9.62. The summed E-state index contributed by atoms with van der Waals surface area (Å²) in [5, 5.41) is 0. The van der Waals surface area contributed by atoms with Gasteiger partial charge in [0.2, 0.25) is 0 Å². The molecule has 0 amide bonds. The molecule has 0 radical (unpaired) electrons. The quantitative estimate of drug-likeness (QED) is 0.0966. The Hall–Kier alpha value is -3.13. The number of aromatic nitrogens is 2. The van der Waals surface area contributed by atoms with Crippen molar-refractivity contribution in [3.63, 3.8) is 0 Å². The molecule has 0 aliphatic carbocycles. The number of hydrogen-bond donors (Lipinski definition) is 0. The molecule has 4 rings (SSSR count). The summed E-state index contributed by atoms with van der Waals surface area (Å²) in [6.45, 7) is 5.75. The van der Waals surface area contributed by atoms with Crippen LogP contribution in [-0.4, -0.2) is 4.57 Å². The molecule has 1 aromatic heterocycles. The second-order valence-corrected chi connectivity index (χ2v) is 11.3. The smallest absolute Gasteiger partial charge is 0.233 e. The van der Waals surface area contributed by atoms with E-state index >= 15 is 0 Å². The maximum Gasteiger partial charge on any atom is 0.266 e. The summed E-state index contributed by atoms with van der Waals surface area (Å²) >= 11 is 0. The highest BCUT2D eigenvalue weighted by molar-refractivity contribution is 5.26. The molecule has 0 spiro atoms. The number of rotatable bonds is 17. The molecule has 39 heavy (non-hydrogen) atoms. The minimum atomic E-state index is 0.457. The molecule has 0 aliphatic rings. The molecule has 1 atom stereocenters. The molecule has 0 bridgehead atoms. The third-order valence-electron chi connectivity index (χ3n) is 8.04. The molecule has 0 saturated heterocycles. The van der Waals surface area contributed by atoms with Crippen molar-refractivity contribution in [2.75, 3.05) is 0 Å². The lowest BCUT2D eigenvalue weighted by Gasteiger charge is -2.11. The maximum absolute atomic E-state index is 2.57. The fourth-order valence-electron chi connectivity index (χ4n) is 5.78. The summed E-state index contributed by atoms with van der Waals surface area (Å²) in [5.41, 5.74) is 5.44. The first-order valence-corrected chi connectivity index (χ1v) is 15.5.